The number of aromatic nitrogens is 2. The van der Waals surface area contributed by atoms with E-state index < -0.39 is 0 Å². The van der Waals surface area contributed by atoms with Crippen LogP contribution in [0.1, 0.15) is 63.4 Å². The number of carbonyl (C=O) groups is 1. The average molecular weight is 445 g/mol. The van der Waals surface area contributed by atoms with Crippen molar-refractivity contribution < 1.29 is 4.79 Å². The summed E-state index contributed by atoms with van der Waals surface area (Å²) in [5.41, 5.74) is 2.73. The van der Waals surface area contributed by atoms with Crippen LogP contribution in [0.4, 0.5) is 5.82 Å². The normalized spacial score (nSPS) is 23.4. The molecule has 3 unspecified atom stereocenters. The number of H-pyrrole nitrogens is 1. The van der Waals surface area contributed by atoms with E-state index in [0.717, 1.165) is 38.8 Å². The molecule has 2 aliphatic rings. The molecule has 2 aromatic heterocycles. The summed E-state index contributed by atoms with van der Waals surface area (Å²) in [7, 11) is 0. The highest BCUT2D eigenvalue weighted by atomic mass is 16.2. The smallest absolute Gasteiger partial charge is 0.228 e. The van der Waals surface area contributed by atoms with Crippen molar-refractivity contribution in [1.29, 1.82) is 0 Å². The van der Waals surface area contributed by atoms with Crippen LogP contribution in [-0.2, 0) is 4.79 Å². The summed E-state index contributed by atoms with van der Waals surface area (Å²) in [6.07, 6.45) is 11.8. The zero-order valence-electron chi connectivity index (χ0n) is 19.7. The zero-order valence-corrected chi connectivity index (χ0v) is 19.7. The van der Waals surface area contributed by atoms with E-state index in [1.807, 2.05) is 18.2 Å². The second kappa shape index (κ2) is 10.1. The van der Waals surface area contributed by atoms with Gasteiger partial charge in [-0.2, -0.15) is 0 Å². The second-order valence-corrected chi connectivity index (χ2v) is 9.83. The molecule has 1 aromatic carbocycles. The number of nitrogens with one attached hydrogen (secondary N) is 2. The predicted octanol–water partition coefficient (Wildman–Crippen LogP) is 5.97. The van der Waals surface area contributed by atoms with E-state index in [4.69, 9.17) is 0 Å². The van der Waals surface area contributed by atoms with Crippen LogP contribution < -0.4 is 5.32 Å². The number of fused-ring (bicyclic) bond motifs is 1. The van der Waals surface area contributed by atoms with Gasteiger partial charge in [-0.1, -0.05) is 38.0 Å². The maximum atomic E-state index is 13.2. The third-order valence-electron chi connectivity index (χ3n) is 8.05. The minimum Gasteiger partial charge on any atom is -0.361 e. The molecule has 1 amide bonds. The van der Waals surface area contributed by atoms with Crippen molar-refractivity contribution in [3.8, 4) is 0 Å². The van der Waals surface area contributed by atoms with Gasteiger partial charge in [-0.3, -0.25) is 4.79 Å². The number of likely N-dealkylation sites (tertiary alicyclic amines) is 1. The van der Waals surface area contributed by atoms with Crippen LogP contribution >= 0.6 is 0 Å². The SMILES string of the molecule is CCC(C1CCCCC1C(=O)Nc1ccccn1)N1CCC(c2cccc3[nH]ccc23)CC1. The van der Waals surface area contributed by atoms with E-state index in [9.17, 15) is 4.79 Å². The minimum absolute atomic E-state index is 0.0806. The van der Waals surface area contributed by atoms with Gasteiger partial charge in [0.2, 0.25) is 5.91 Å². The lowest BCUT2D eigenvalue weighted by Gasteiger charge is -2.44. The van der Waals surface area contributed by atoms with Gasteiger partial charge in [0.15, 0.2) is 0 Å². The summed E-state index contributed by atoms with van der Waals surface area (Å²) in [4.78, 5) is 23.6. The lowest BCUT2D eigenvalue weighted by atomic mass is 9.73. The number of pyridine rings is 1. The van der Waals surface area contributed by atoms with Gasteiger partial charge in [-0.15, -0.1) is 0 Å². The van der Waals surface area contributed by atoms with Crippen LogP contribution in [0.5, 0.6) is 0 Å². The summed E-state index contributed by atoms with van der Waals surface area (Å²) in [6.45, 7) is 4.55. The number of hydrogen-bond acceptors (Lipinski definition) is 3. The molecule has 5 heteroatoms. The molecule has 0 bridgehead atoms. The molecule has 5 rings (SSSR count). The van der Waals surface area contributed by atoms with Gasteiger partial charge in [-0.05, 0) is 86.9 Å². The van der Waals surface area contributed by atoms with Gasteiger partial charge in [0.05, 0.1) is 0 Å². The number of anilines is 1. The summed E-state index contributed by atoms with van der Waals surface area (Å²) in [5.74, 6) is 1.95. The molecule has 5 nitrogen and oxygen atoms in total. The molecule has 3 atom stereocenters. The molecule has 3 aromatic rings. The highest BCUT2D eigenvalue weighted by Gasteiger charge is 2.39. The van der Waals surface area contributed by atoms with Gasteiger partial charge in [-0.25, -0.2) is 4.98 Å². The van der Waals surface area contributed by atoms with Crippen LogP contribution in [-0.4, -0.2) is 39.9 Å². The Labute approximate surface area is 197 Å². The summed E-state index contributed by atoms with van der Waals surface area (Å²) >= 11 is 0. The Kier molecular flexibility index (Phi) is 6.77. The Balaban J connectivity index is 1.27. The number of amides is 1. The number of rotatable bonds is 6. The van der Waals surface area contributed by atoms with Crippen molar-refractivity contribution in [3.05, 3.63) is 60.4 Å². The molecule has 1 aliphatic carbocycles. The number of hydrogen-bond donors (Lipinski definition) is 2. The number of benzene rings is 1. The lowest BCUT2D eigenvalue weighted by Crippen LogP contribution is -2.49. The van der Waals surface area contributed by atoms with Crippen LogP contribution in [0.15, 0.2) is 54.9 Å². The average Bonchev–Trinajstić information content (AvgIpc) is 3.35. The van der Waals surface area contributed by atoms with Crippen LogP contribution in [0.2, 0.25) is 0 Å². The first-order valence-corrected chi connectivity index (χ1v) is 12.8. The molecular formula is C28H36N4O. The first-order valence-electron chi connectivity index (χ1n) is 12.8. The highest BCUT2D eigenvalue weighted by molar-refractivity contribution is 5.92. The van der Waals surface area contributed by atoms with E-state index in [-0.39, 0.29) is 11.8 Å². The van der Waals surface area contributed by atoms with Crippen LogP contribution in [0.3, 0.4) is 0 Å². The van der Waals surface area contributed by atoms with E-state index in [2.05, 4.69) is 57.6 Å². The van der Waals surface area contributed by atoms with Crippen LogP contribution in [0, 0.1) is 11.8 Å². The molecule has 2 N–H and O–H groups in total. The lowest BCUT2D eigenvalue weighted by molar-refractivity contribution is -0.124. The number of nitrogens with zero attached hydrogens (tertiary/aromatic N) is 2. The molecule has 174 valence electrons. The summed E-state index contributed by atoms with van der Waals surface area (Å²) in [6, 6.07) is 15.0. The van der Waals surface area contributed by atoms with Crippen molar-refractivity contribution in [2.24, 2.45) is 11.8 Å². The zero-order chi connectivity index (χ0) is 22.6. The minimum atomic E-state index is 0.0806. The molecular weight excluding hydrogens is 408 g/mol. The van der Waals surface area contributed by atoms with Gasteiger partial charge < -0.3 is 15.2 Å². The maximum Gasteiger partial charge on any atom is 0.228 e. The molecule has 2 fully saturated rings. The first kappa shape index (κ1) is 22.1. The van der Waals surface area contributed by atoms with Crippen molar-refractivity contribution in [2.75, 3.05) is 18.4 Å². The number of piperidine rings is 1. The van der Waals surface area contributed by atoms with Crippen LogP contribution in [0.25, 0.3) is 10.9 Å². The molecule has 1 aliphatic heterocycles. The van der Waals surface area contributed by atoms with Crippen molar-refractivity contribution in [3.63, 3.8) is 0 Å². The number of aromatic amines is 1. The Morgan fingerprint density at radius 3 is 2.73 bits per heavy atom. The first-order chi connectivity index (χ1) is 16.2. The fourth-order valence-electron chi connectivity index (χ4n) is 6.44. The van der Waals surface area contributed by atoms with Crippen molar-refractivity contribution in [1.82, 2.24) is 14.9 Å². The van der Waals surface area contributed by atoms with E-state index in [0.29, 0.717) is 23.7 Å². The standard InChI is InChI=1S/C28H36N4O/c1-2-26(23-8-3-4-9-24(23)28(33)31-27-12-5-6-16-30-27)32-18-14-20(15-19-32)21-10-7-11-25-22(21)13-17-29-25/h5-7,10-13,16-17,20,23-24,26,29H,2-4,8-9,14-15,18-19H2,1H3,(H,30,31,33). The summed E-state index contributed by atoms with van der Waals surface area (Å²) < 4.78 is 0. The second-order valence-electron chi connectivity index (χ2n) is 9.83. The summed E-state index contributed by atoms with van der Waals surface area (Å²) in [5, 5.41) is 4.47. The van der Waals surface area contributed by atoms with Gasteiger partial charge >= 0.3 is 0 Å². The molecule has 1 saturated carbocycles. The van der Waals surface area contributed by atoms with Gasteiger partial charge in [0, 0.05) is 35.3 Å². The topological polar surface area (TPSA) is 61.0 Å². The molecule has 33 heavy (non-hydrogen) atoms. The fourth-order valence-corrected chi connectivity index (χ4v) is 6.44. The third-order valence-corrected chi connectivity index (χ3v) is 8.05. The quantitative estimate of drug-likeness (QED) is 0.493. The monoisotopic (exact) mass is 444 g/mol. The Morgan fingerprint density at radius 1 is 1.09 bits per heavy atom. The Bertz CT molecular complexity index is 1050. The fraction of sp³-hybridized carbons (Fsp3) is 0.500. The molecule has 0 radical (unpaired) electrons. The number of carbonyl (C=O) groups excluding carboxylic acids is 1. The highest BCUT2D eigenvalue weighted by Crippen LogP contribution is 2.39. The van der Waals surface area contributed by atoms with E-state index in [1.165, 1.54) is 35.7 Å². The molecule has 3 heterocycles. The van der Waals surface area contributed by atoms with E-state index in [1.54, 1.807) is 6.20 Å². The van der Waals surface area contributed by atoms with Gasteiger partial charge in [0.25, 0.3) is 0 Å². The molecule has 1 saturated heterocycles. The van der Waals surface area contributed by atoms with Gasteiger partial charge in [0.1, 0.15) is 5.82 Å². The van der Waals surface area contributed by atoms with Crippen molar-refractivity contribution >= 4 is 22.6 Å². The Morgan fingerprint density at radius 2 is 1.94 bits per heavy atom. The van der Waals surface area contributed by atoms with E-state index >= 15 is 0 Å². The predicted molar refractivity (Wildman–Crippen MR) is 134 cm³/mol. The largest absolute Gasteiger partial charge is 0.361 e. The maximum absolute atomic E-state index is 13.2. The third kappa shape index (κ3) is 4.70. The Hall–Kier alpha value is -2.66. The van der Waals surface area contributed by atoms with Crippen molar-refractivity contribution in [2.45, 2.75) is 63.8 Å². The molecule has 0 spiro atoms.